The van der Waals surface area contributed by atoms with E-state index in [1.54, 1.807) is 0 Å². The maximum atomic E-state index is 5.78. The molecule has 3 N–H and O–H groups in total. The summed E-state index contributed by atoms with van der Waals surface area (Å²) in [7, 11) is 0. The summed E-state index contributed by atoms with van der Waals surface area (Å²) in [5, 5.41) is 0. The van der Waals surface area contributed by atoms with Crippen LogP contribution in [0.15, 0.2) is 30.3 Å². The van der Waals surface area contributed by atoms with Crippen LogP contribution in [0.5, 0.6) is 0 Å². The van der Waals surface area contributed by atoms with Gasteiger partial charge >= 0.3 is 0 Å². The third-order valence-electron chi connectivity index (χ3n) is 3.76. The van der Waals surface area contributed by atoms with E-state index < -0.39 is 0 Å². The Kier molecular flexibility index (Phi) is 4.53. The van der Waals surface area contributed by atoms with Crippen molar-refractivity contribution < 1.29 is 0 Å². The van der Waals surface area contributed by atoms with Crippen molar-refractivity contribution in [3.63, 3.8) is 0 Å². The Morgan fingerprint density at radius 3 is 2.10 bits per heavy atom. The number of nitrogens with one attached hydrogen (secondary N) is 1. The second kappa shape index (κ2) is 6.16. The van der Waals surface area contributed by atoms with Gasteiger partial charge in [-0.1, -0.05) is 18.2 Å². The quantitative estimate of drug-likeness (QED) is 0.662. The van der Waals surface area contributed by atoms with Crippen LogP contribution in [0.25, 0.3) is 0 Å². The molecule has 0 radical (unpaired) electrons. The van der Waals surface area contributed by atoms with E-state index in [-0.39, 0.29) is 6.04 Å². The standard InChI is InChI=1S/C17H23N3/c1-11-6-5-7-12(2)16(11)10-17(20-18)15-8-13(3)19-14(4)9-15/h5-9,17,20H,10,18H2,1-4H3. The predicted molar refractivity (Wildman–Crippen MR) is 83.4 cm³/mol. The molecule has 0 aliphatic carbocycles. The van der Waals surface area contributed by atoms with E-state index >= 15 is 0 Å². The fourth-order valence-corrected chi connectivity index (χ4v) is 2.72. The van der Waals surface area contributed by atoms with Gasteiger partial charge in [0.15, 0.2) is 0 Å². The zero-order valence-corrected chi connectivity index (χ0v) is 12.7. The van der Waals surface area contributed by atoms with E-state index in [1.165, 1.54) is 22.3 Å². The first-order valence-electron chi connectivity index (χ1n) is 6.97. The molecule has 3 heteroatoms. The average molecular weight is 269 g/mol. The summed E-state index contributed by atoms with van der Waals surface area (Å²) in [5.41, 5.74) is 10.2. The fraction of sp³-hybridized carbons (Fsp3) is 0.353. The highest BCUT2D eigenvalue weighted by Crippen LogP contribution is 2.23. The molecule has 1 aromatic carbocycles. The monoisotopic (exact) mass is 269 g/mol. The number of hydrogen-bond donors (Lipinski definition) is 2. The fourth-order valence-electron chi connectivity index (χ4n) is 2.72. The highest BCUT2D eigenvalue weighted by molar-refractivity contribution is 5.36. The number of nitrogens with zero attached hydrogens (tertiary/aromatic N) is 1. The topological polar surface area (TPSA) is 50.9 Å². The number of benzene rings is 1. The first-order valence-corrected chi connectivity index (χ1v) is 6.97. The molecule has 106 valence electrons. The normalized spacial score (nSPS) is 12.4. The number of hydrogen-bond acceptors (Lipinski definition) is 3. The first-order chi connectivity index (χ1) is 9.51. The zero-order valence-electron chi connectivity index (χ0n) is 12.7. The summed E-state index contributed by atoms with van der Waals surface area (Å²) in [6.07, 6.45) is 0.887. The van der Waals surface area contributed by atoms with Gasteiger partial charge in [-0.2, -0.15) is 0 Å². The summed E-state index contributed by atoms with van der Waals surface area (Å²) in [6, 6.07) is 10.7. The van der Waals surface area contributed by atoms with Crippen molar-refractivity contribution in [2.24, 2.45) is 5.84 Å². The Labute approximate surface area is 121 Å². The zero-order chi connectivity index (χ0) is 14.7. The smallest absolute Gasteiger partial charge is 0.0501 e. The molecule has 1 aromatic heterocycles. The molecular formula is C17H23N3. The number of pyridine rings is 1. The molecule has 1 heterocycles. The minimum absolute atomic E-state index is 0.107. The number of nitrogens with two attached hydrogens (primary N) is 1. The Morgan fingerprint density at radius 1 is 1.05 bits per heavy atom. The highest BCUT2D eigenvalue weighted by Gasteiger charge is 2.14. The molecule has 3 nitrogen and oxygen atoms in total. The summed E-state index contributed by atoms with van der Waals surface area (Å²) < 4.78 is 0. The van der Waals surface area contributed by atoms with Crippen molar-refractivity contribution in [3.8, 4) is 0 Å². The second-order valence-corrected chi connectivity index (χ2v) is 5.48. The van der Waals surface area contributed by atoms with Crippen molar-refractivity contribution in [1.82, 2.24) is 10.4 Å². The molecule has 0 aliphatic rings. The molecular weight excluding hydrogens is 246 g/mol. The largest absolute Gasteiger partial charge is 0.271 e. The molecule has 0 spiro atoms. The molecule has 0 saturated carbocycles. The third-order valence-corrected chi connectivity index (χ3v) is 3.76. The van der Waals surface area contributed by atoms with Crippen LogP contribution in [0.1, 0.15) is 39.7 Å². The third kappa shape index (κ3) is 3.24. The van der Waals surface area contributed by atoms with E-state index in [1.807, 2.05) is 13.8 Å². The van der Waals surface area contributed by atoms with Gasteiger partial charge in [0.1, 0.15) is 0 Å². The lowest BCUT2D eigenvalue weighted by Crippen LogP contribution is -2.30. The molecule has 0 saturated heterocycles. The van der Waals surface area contributed by atoms with E-state index in [2.05, 4.69) is 54.6 Å². The summed E-state index contributed by atoms with van der Waals surface area (Å²) in [4.78, 5) is 4.42. The SMILES string of the molecule is Cc1cc(C(Cc2c(C)cccc2C)NN)cc(C)n1. The maximum Gasteiger partial charge on any atom is 0.0501 e. The molecule has 20 heavy (non-hydrogen) atoms. The van der Waals surface area contributed by atoms with Crippen LogP contribution < -0.4 is 11.3 Å². The Bertz CT molecular complexity index is 565. The van der Waals surface area contributed by atoms with Gasteiger partial charge in [0.05, 0.1) is 6.04 Å². The minimum Gasteiger partial charge on any atom is -0.271 e. The maximum absolute atomic E-state index is 5.78. The Morgan fingerprint density at radius 2 is 1.60 bits per heavy atom. The van der Waals surface area contributed by atoms with Crippen molar-refractivity contribution in [2.45, 2.75) is 40.2 Å². The van der Waals surface area contributed by atoms with Crippen molar-refractivity contribution in [1.29, 1.82) is 0 Å². The van der Waals surface area contributed by atoms with E-state index in [4.69, 9.17) is 5.84 Å². The minimum atomic E-state index is 0.107. The van der Waals surface area contributed by atoms with Gasteiger partial charge in [-0.3, -0.25) is 16.3 Å². The average Bonchev–Trinajstić information content (AvgIpc) is 2.37. The molecule has 0 aliphatic heterocycles. The predicted octanol–water partition coefficient (Wildman–Crippen LogP) is 3.06. The van der Waals surface area contributed by atoms with Gasteiger partial charge < -0.3 is 0 Å². The second-order valence-electron chi connectivity index (χ2n) is 5.48. The van der Waals surface area contributed by atoms with Crippen LogP contribution in [-0.2, 0) is 6.42 Å². The van der Waals surface area contributed by atoms with Gasteiger partial charge in [0.25, 0.3) is 0 Å². The van der Waals surface area contributed by atoms with E-state index in [0.717, 1.165) is 17.8 Å². The number of aryl methyl sites for hydroxylation is 4. The highest BCUT2D eigenvalue weighted by atomic mass is 15.2. The molecule has 0 fully saturated rings. The van der Waals surface area contributed by atoms with Gasteiger partial charge in [-0.15, -0.1) is 0 Å². The van der Waals surface area contributed by atoms with Crippen LogP contribution in [0.2, 0.25) is 0 Å². The summed E-state index contributed by atoms with van der Waals surface area (Å²) in [5.74, 6) is 5.78. The van der Waals surface area contributed by atoms with E-state index in [9.17, 15) is 0 Å². The van der Waals surface area contributed by atoms with Crippen molar-refractivity contribution in [2.75, 3.05) is 0 Å². The molecule has 0 bridgehead atoms. The molecule has 1 atom stereocenters. The lowest BCUT2D eigenvalue weighted by Gasteiger charge is -2.20. The lowest BCUT2D eigenvalue weighted by atomic mass is 9.93. The van der Waals surface area contributed by atoms with Crippen LogP contribution in [-0.4, -0.2) is 4.98 Å². The summed E-state index contributed by atoms with van der Waals surface area (Å²) >= 11 is 0. The first kappa shape index (κ1) is 14.7. The van der Waals surface area contributed by atoms with Crippen LogP contribution in [0.4, 0.5) is 0 Å². The molecule has 2 rings (SSSR count). The summed E-state index contributed by atoms with van der Waals surface area (Å²) in [6.45, 7) is 8.34. The van der Waals surface area contributed by atoms with Crippen LogP contribution >= 0.6 is 0 Å². The van der Waals surface area contributed by atoms with Gasteiger partial charge in [-0.25, -0.2) is 0 Å². The van der Waals surface area contributed by atoms with Gasteiger partial charge in [0, 0.05) is 11.4 Å². The van der Waals surface area contributed by atoms with Gasteiger partial charge in [-0.05, 0) is 68.5 Å². The number of aromatic nitrogens is 1. The lowest BCUT2D eigenvalue weighted by molar-refractivity contribution is 0.548. The number of hydrazine groups is 1. The Hall–Kier alpha value is -1.71. The molecule has 1 unspecified atom stereocenters. The van der Waals surface area contributed by atoms with Crippen LogP contribution in [0.3, 0.4) is 0 Å². The van der Waals surface area contributed by atoms with Crippen molar-refractivity contribution in [3.05, 3.63) is 64.0 Å². The van der Waals surface area contributed by atoms with Gasteiger partial charge in [0.2, 0.25) is 0 Å². The number of rotatable bonds is 4. The van der Waals surface area contributed by atoms with E-state index in [0.29, 0.717) is 0 Å². The molecule has 0 amide bonds. The van der Waals surface area contributed by atoms with Crippen molar-refractivity contribution >= 4 is 0 Å². The van der Waals surface area contributed by atoms with Crippen LogP contribution in [0, 0.1) is 27.7 Å². The molecule has 2 aromatic rings. The Balaban J connectivity index is 2.33.